The second-order valence-corrected chi connectivity index (χ2v) is 10.4. The van der Waals surface area contributed by atoms with Crippen molar-refractivity contribution in [2.24, 2.45) is 16.8 Å². The van der Waals surface area contributed by atoms with Gasteiger partial charge in [-0.05, 0) is 44.2 Å². The highest BCUT2D eigenvalue weighted by molar-refractivity contribution is 6.17. The van der Waals surface area contributed by atoms with Crippen LogP contribution >= 0.6 is 0 Å². The largest absolute Gasteiger partial charge is 0.354 e. The number of piperazine rings is 1. The third-order valence-electron chi connectivity index (χ3n) is 7.58. The molecular formula is C26H40N9+. The van der Waals surface area contributed by atoms with Crippen LogP contribution in [0, 0.1) is 5.92 Å². The molecule has 188 valence electrons. The molecule has 3 aliphatic rings. The molecule has 1 atom stereocenters. The molecule has 35 heavy (non-hydrogen) atoms. The third kappa shape index (κ3) is 5.32. The molecule has 4 N–H and O–H groups in total. The van der Waals surface area contributed by atoms with Gasteiger partial charge in [0.05, 0.1) is 7.05 Å². The first-order chi connectivity index (χ1) is 17.1. The molecule has 2 fully saturated rings. The number of rotatable bonds is 8. The minimum absolute atomic E-state index is 0.346. The molecule has 1 saturated heterocycles. The van der Waals surface area contributed by atoms with E-state index in [1.165, 1.54) is 0 Å². The van der Waals surface area contributed by atoms with Crippen LogP contribution in [0.1, 0.15) is 56.6 Å². The first kappa shape index (κ1) is 24.1. The summed E-state index contributed by atoms with van der Waals surface area (Å²) in [5, 5.41) is 12.1. The van der Waals surface area contributed by atoms with Crippen molar-refractivity contribution < 1.29 is 0 Å². The molecule has 4 heterocycles. The van der Waals surface area contributed by atoms with Crippen molar-refractivity contribution in [3.8, 4) is 0 Å². The highest BCUT2D eigenvalue weighted by Gasteiger charge is 2.42. The van der Waals surface area contributed by atoms with Crippen molar-refractivity contribution in [3.05, 3.63) is 35.7 Å². The SMILES string of the molecule is CCCCNc1ncc2c(n1)[N+](C)(CC1CCC(N)CC1)N=C2c1ccc(N2CCNCC2)nc1. The van der Waals surface area contributed by atoms with Gasteiger partial charge in [0.2, 0.25) is 5.95 Å². The Bertz CT molecular complexity index is 1020. The first-order valence-corrected chi connectivity index (χ1v) is 13.3. The van der Waals surface area contributed by atoms with Crippen LogP contribution < -0.4 is 25.9 Å². The van der Waals surface area contributed by atoms with Crippen molar-refractivity contribution in [3.63, 3.8) is 0 Å². The van der Waals surface area contributed by atoms with Crippen LogP contribution in [-0.2, 0) is 0 Å². The maximum absolute atomic E-state index is 6.18. The van der Waals surface area contributed by atoms with Gasteiger partial charge >= 0.3 is 0 Å². The number of nitrogens with two attached hydrogens (primary N) is 1. The summed E-state index contributed by atoms with van der Waals surface area (Å²) >= 11 is 0. The van der Waals surface area contributed by atoms with Crippen LogP contribution in [0.25, 0.3) is 0 Å². The maximum Gasteiger partial charge on any atom is 0.268 e. The number of nitrogens with zero attached hydrogens (tertiary/aromatic N) is 6. The number of aromatic nitrogens is 3. The molecule has 1 saturated carbocycles. The molecule has 0 amide bonds. The Morgan fingerprint density at radius 3 is 2.63 bits per heavy atom. The molecule has 9 heteroatoms. The standard InChI is InChI=1S/C26H40N9/c1-3-4-11-29-26-31-17-22-24(20-7-10-23(30-16-20)34-14-12-28-13-15-34)33-35(2,25(22)32-26)18-19-5-8-21(27)9-6-19/h7,10,16-17,19,21,28H,3-6,8-9,11-15,18,27H2,1-2H3,(H,29,31,32)/q+1. The average Bonchev–Trinajstić information content (AvgIpc) is 3.18. The lowest BCUT2D eigenvalue weighted by Crippen LogP contribution is -2.44. The Kier molecular flexibility index (Phi) is 7.27. The molecule has 2 aromatic rings. The van der Waals surface area contributed by atoms with E-state index < -0.39 is 0 Å². The quantitative estimate of drug-likeness (QED) is 0.396. The van der Waals surface area contributed by atoms with Crippen molar-refractivity contribution >= 4 is 23.3 Å². The fourth-order valence-corrected chi connectivity index (χ4v) is 5.51. The summed E-state index contributed by atoms with van der Waals surface area (Å²) in [6, 6.07) is 4.61. The van der Waals surface area contributed by atoms with E-state index in [0.717, 1.165) is 106 Å². The highest BCUT2D eigenvalue weighted by atomic mass is 15.6. The van der Waals surface area contributed by atoms with Crippen LogP contribution in [0.5, 0.6) is 0 Å². The van der Waals surface area contributed by atoms with Crippen LogP contribution in [-0.4, -0.2) is 73.0 Å². The monoisotopic (exact) mass is 478 g/mol. The van der Waals surface area contributed by atoms with Gasteiger partial charge in [-0.3, -0.25) is 0 Å². The van der Waals surface area contributed by atoms with Gasteiger partial charge in [-0.15, -0.1) is 0 Å². The second-order valence-electron chi connectivity index (χ2n) is 10.4. The van der Waals surface area contributed by atoms with Crippen LogP contribution in [0.2, 0.25) is 0 Å². The zero-order chi connectivity index (χ0) is 24.3. The number of quaternary nitrogens is 1. The lowest BCUT2D eigenvalue weighted by molar-refractivity contribution is 0.230. The molecule has 0 radical (unpaired) electrons. The number of hydrogen-bond donors (Lipinski definition) is 3. The van der Waals surface area contributed by atoms with E-state index in [9.17, 15) is 0 Å². The predicted octanol–water partition coefficient (Wildman–Crippen LogP) is 2.71. The summed E-state index contributed by atoms with van der Waals surface area (Å²) in [5.41, 5.74) is 9.15. The molecule has 1 unspecified atom stereocenters. The Balaban J connectivity index is 1.43. The minimum atomic E-state index is 0.346. The Morgan fingerprint density at radius 2 is 1.91 bits per heavy atom. The predicted molar refractivity (Wildman–Crippen MR) is 143 cm³/mol. The van der Waals surface area contributed by atoms with Crippen LogP contribution in [0.4, 0.5) is 17.6 Å². The first-order valence-electron chi connectivity index (χ1n) is 13.3. The van der Waals surface area contributed by atoms with E-state index in [-0.39, 0.29) is 0 Å². The fraction of sp³-hybridized carbons (Fsp3) is 0.615. The van der Waals surface area contributed by atoms with Crippen LogP contribution in [0.15, 0.2) is 29.6 Å². The van der Waals surface area contributed by atoms with Gasteiger partial charge < -0.3 is 21.3 Å². The van der Waals surface area contributed by atoms with Gasteiger partial charge in [0.15, 0.2) is 0 Å². The molecule has 5 rings (SSSR count). The van der Waals surface area contributed by atoms with Gasteiger partial charge in [-0.1, -0.05) is 18.4 Å². The Hall–Kier alpha value is -2.62. The van der Waals surface area contributed by atoms with E-state index in [1.54, 1.807) is 0 Å². The van der Waals surface area contributed by atoms with Crippen molar-refractivity contribution in [2.45, 2.75) is 51.5 Å². The number of pyridine rings is 1. The van der Waals surface area contributed by atoms with Gasteiger partial charge in [-0.25, -0.2) is 9.97 Å². The van der Waals surface area contributed by atoms with Gasteiger partial charge in [0.25, 0.3) is 5.82 Å². The van der Waals surface area contributed by atoms with Crippen LogP contribution in [0.3, 0.4) is 0 Å². The Labute approximate surface area is 208 Å². The van der Waals surface area contributed by atoms with E-state index in [0.29, 0.717) is 22.5 Å². The normalized spacial score (nSPS) is 26.4. The number of fused-ring (bicyclic) bond motifs is 1. The van der Waals surface area contributed by atoms with Crippen molar-refractivity contribution in [1.82, 2.24) is 24.9 Å². The van der Waals surface area contributed by atoms with Gasteiger partial charge in [0.1, 0.15) is 23.6 Å². The summed E-state index contributed by atoms with van der Waals surface area (Å²) < 4.78 is 0.453. The van der Waals surface area contributed by atoms with E-state index >= 15 is 0 Å². The summed E-state index contributed by atoms with van der Waals surface area (Å²) in [6.45, 7) is 7.97. The number of hydrogen-bond acceptors (Lipinski definition) is 8. The van der Waals surface area contributed by atoms with Crippen molar-refractivity contribution in [2.75, 3.05) is 56.5 Å². The molecule has 2 aromatic heterocycles. The molecule has 0 aromatic carbocycles. The van der Waals surface area contributed by atoms with Crippen molar-refractivity contribution in [1.29, 1.82) is 0 Å². The lowest BCUT2D eigenvalue weighted by Gasteiger charge is -2.31. The summed E-state index contributed by atoms with van der Waals surface area (Å²) in [5.74, 6) is 3.29. The summed E-state index contributed by atoms with van der Waals surface area (Å²) in [7, 11) is 2.19. The number of anilines is 2. The zero-order valence-electron chi connectivity index (χ0n) is 21.2. The molecular weight excluding hydrogens is 438 g/mol. The molecule has 1 aliphatic carbocycles. The highest BCUT2D eigenvalue weighted by Crippen LogP contribution is 2.37. The molecule has 9 nitrogen and oxygen atoms in total. The molecule has 2 aliphatic heterocycles. The van der Waals surface area contributed by atoms with E-state index in [1.807, 2.05) is 12.4 Å². The van der Waals surface area contributed by atoms with E-state index in [4.69, 9.17) is 20.8 Å². The summed E-state index contributed by atoms with van der Waals surface area (Å²) in [6.07, 6.45) is 10.6. The lowest BCUT2D eigenvalue weighted by atomic mass is 9.86. The fourth-order valence-electron chi connectivity index (χ4n) is 5.51. The number of nitrogens with one attached hydrogen (secondary N) is 2. The topological polar surface area (TPSA) is 104 Å². The summed E-state index contributed by atoms with van der Waals surface area (Å²) in [4.78, 5) is 16.8. The minimum Gasteiger partial charge on any atom is -0.354 e. The van der Waals surface area contributed by atoms with E-state index in [2.05, 4.69) is 46.6 Å². The molecule has 0 spiro atoms. The van der Waals surface area contributed by atoms with Gasteiger partial charge in [-0.2, -0.15) is 9.58 Å². The Morgan fingerprint density at radius 1 is 1.11 bits per heavy atom. The van der Waals surface area contributed by atoms with Gasteiger partial charge in [0, 0.05) is 62.6 Å². The second kappa shape index (κ2) is 10.6. The smallest absolute Gasteiger partial charge is 0.268 e. The zero-order valence-corrected chi connectivity index (χ0v) is 21.2. The molecule has 0 bridgehead atoms. The third-order valence-corrected chi connectivity index (χ3v) is 7.58. The average molecular weight is 479 g/mol. The maximum atomic E-state index is 6.18. The number of unbranched alkanes of at least 4 members (excludes halogenated alkanes) is 1.